The van der Waals surface area contributed by atoms with Gasteiger partial charge in [0.1, 0.15) is 16.4 Å². The van der Waals surface area contributed by atoms with Crippen LogP contribution in [0.5, 0.6) is 11.5 Å². The minimum atomic E-state index is -1.23. The number of nitrogens with zero attached hydrogens (tertiary/aromatic N) is 5. The first kappa shape index (κ1) is 26.0. The highest BCUT2D eigenvalue weighted by Gasteiger charge is 2.22. The molecule has 1 fully saturated rings. The molecule has 1 aliphatic heterocycles. The monoisotopic (exact) mass is 527 g/mol. The Labute approximate surface area is 216 Å². The molecule has 0 aliphatic carbocycles. The molecule has 1 aliphatic rings. The standard InChI is InChI=1S/C24H25N5O7S/c1-27-6-8-28(9-7-27)20-5-4-17(29(32)33)10-15(20)13-21(23(30)31)37-24-26-25-22(36-24)16-11-18(34-2)14-19(12-16)35-3/h4-5,10-14H,6-9H2,1-3H3,(H,30,31)/b21-13+. The van der Waals surface area contributed by atoms with Crippen LogP contribution in [0.4, 0.5) is 11.4 Å². The lowest BCUT2D eigenvalue weighted by Gasteiger charge is -2.34. The second kappa shape index (κ2) is 11.3. The molecule has 0 atom stereocenters. The van der Waals surface area contributed by atoms with E-state index < -0.39 is 10.9 Å². The summed E-state index contributed by atoms with van der Waals surface area (Å²) in [5, 5.41) is 29.3. The van der Waals surface area contributed by atoms with Crippen molar-refractivity contribution in [1.82, 2.24) is 15.1 Å². The summed E-state index contributed by atoms with van der Waals surface area (Å²) < 4.78 is 16.2. The third-order valence-corrected chi connectivity index (χ3v) is 6.62. The summed E-state index contributed by atoms with van der Waals surface area (Å²) in [6.07, 6.45) is 1.39. The van der Waals surface area contributed by atoms with Crippen molar-refractivity contribution >= 4 is 35.2 Å². The summed E-state index contributed by atoms with van der Waals surface area (Å²) in [5.41, 5.74) is 1.53. The van der Waals surface area contributed by atoms with E-state index in [2.05, 4.69) is 20.0 Å². The average molecular weight is 528 g/mol. The lowest BCUT2D eigenvalue weighted by Crippen LogP contribution is -2.44. The molecule has 1 saturated heterocycles. The SMILES string of the molecule is COc1cc(OC)cc(-c2nnc(S/C(=C/c3cc([N+](=O)[O-])ccc3N3CCN(C)CC3)C(=O)O)o2)c1. The maximum absolute atomic E-state index is 12.1. The molecule has 0 bridgehead atoms. The van der Waals surface area contributed by atoms with E-state index in [1.165, 1.54) is 32.4 Å². The molecule has 0 spiro atoms. The molecule has 0 unspecified atom stereocenters. The molecule has 3 aromatic rings. The van der Waals surface area contributed by atoms with Gasteiger partial charge >= 0.3 is 5.97 Å². The number of thioether (sulfide) groups is 1. The Kier molecular flexibility index (Phi) is 7.94. The van der Waals surface area contributed by atoms with Gasteiger partial charge in [-0.1, -0.05) is 0 Å². The predicted molar refractivity (Wildman–Crippen MR) is 137 cm³/mol. The Morgan fingerprint density at radius 1 is 1.11 bits per heavy atom. The molecule has 13 heteroatoms. The molecule has 1 N–H and O–H groups in total. The van der Waals surface area contributed by atoms with Gasteiger partial charge in [-0.3, -0.25) is 10.1 Å². The van der Waals surface area contributed by atoms with Crippen LogP contribution in [-0.4, -0.2) is 78.5 Å². The molecule has 37 heavy (non-hydrogen) atoms. The van der Waals surface area contributed by atoms with E-state index in [1.54, 1.807) is 24.3 Å². The number of nitro groups is 1. The number of carbonyl (C=O) groups is 1. The Bertz CT molecular complexity index is 1310. The third-order valence-electron chi connectivity index (χ3n) is 5.77. The predicted octanol–water partition coefficient (Wildman–Crippen LogP) is 3.63. The molecule has 0 saturated carbocycles. The zero-order chi connectivity index (χ0) is 26.5. The topological polar surface area (TPSA) is 144 Å². The second-order valence-electron chi connectivity index (χ2n) is 8.18. The van der Waals surface area contributed by atoms with E-state index in [4.69, 9.17) is 13.9 Å². The number of non-ortho nitro benzene ring substituents is 1. The number of carboxylic acid groups (broad SMARTS) is 1. The number of aromatic nitrogens is 2. The highest BCUT2D eigenvalue weighted by atomic mass is 32.2. The quantitative estimate of drug-likeness (QED) is 0.188. The summed E-state index contributed by atoms with van der Waals surface area (Å²) in [7, 11) is 5.05. The van der Waals surface area contributed by atoms with Crippen LogP contribution < -0.4 is 14.4 Å². The second-order valence-corrected chi connectivity index (χ2v) is 9.17. The number of rotatable bonds is 9. The number of aliphatic carboxylic acids is 1. The van der Waals surface area contributed by atoms with Crippen LogP contribution in [0.15, 0.2) is 50.9 Å². The van der Waals surface area contributed by atoms with E-state index in [0.717, 1.165) is 24.9 Å². The molecular weight excluding hydrogens is 502 g/mol. The number of benzene rings is 2. The van der Waals surface area contributed by atoms with Gasteiger partial charge in [-0.05, 0) is 43.1 Å². The van der Waals surface area contributed by atoms with Crippen molar-refractivity contribution in [3.63, 3.8) is 0 Å². The number of hydrogen-bond donors (Lipinski definition) is 1. The molecule has 0 radical (unpaired) electrons. The number of hydrogen-bond acceptors (Lipinski definition) is 11. The van der Waals surface area contributed by atoms with Gasteiger partial charge in [-0.2, -0.15) is 0 Å². The maximum atomic E-state index is 12.1. The number of likely N-dealkylation sites (N-methyl/N-ethyl adjacent to an activating group) is 1. The lowest BCUT2D eigenvalue weighted by molar-refractivity contribution is -0.384. The molecular formula is C24H25N5O7S. The minimum absolute atomic E-state index is 0.00276. The van der Waals surface area contributed by atoms with Crippen molar-refractivity contribution in [2.24, 2.45) is 0 Å². The van der Waals surface area contributed by atoms with Crippen LogP contribution in [0.25, 0.3) is 17.5 Å². The zero-order valence-electron chi connectivity index (χ0n) is 20.4. The largest absolute Gasteiger partial charge is 0.497 e. The normalized spacial score (nSPS) is 14.5. The van der Waals surface area contributed by atoms with Crippen molar-refractivity contribution in [1.29, 1.82) is 0 Å². The molecule has 2 aromatic carbocycles. The average Bonchev–Trinajstić information content (AvgIpc) is 3.37. The Hall–Kier alpha value is -4.10. The fourth-order valence-electron chi connectivity index (χ4n) is 3.78. The number of ether oxygens (including phenoxy) is 2. The van der Waals surface area contributed by atoms with Gasteiger partial charge in [0.15, 0.2) is 0 Å². The van der Waals surface area contributed by atoms with Crippen molar-refractivity contribution in [2.75, 3.05) is 52.3 Å². The van der Waals surface area contributed by atoms with Gasteiger partial charge in [-0.25, -0.2) is 4.79 Å². The maximum Gasteiger partial charge on any atom is 0.342 e. The van der Waals surface area contributed by atoms with Crippen LogP contribution >= 0.6 is 11.8 Å². The van der Waals surface area contributed by atoms with Crippen LogP contribution in [0.2, 0.25) is 0 Å². The zero-order valence-corrected chi connectivity index (χ0v) is 21.2. The van der Waals surface area contributed by atoms with Gasteiger partial charge in [-0.15, -0.1) is 10.2 Å². The highest BCUT2D eigenvalue weighted by molar-refractivity contribution is 8.03. The van der Waals surface area contributed by atoms with E-state index in [-0.39, 0.29) is 21.7 Å². The fraction of sp³-hybridized carbons (Fsp3) is 0.292. The first-order chi connectivity index (χ1) is 17.8. The Morgan fingerprint density at radius 2 is 1.78 bits per heavy atom. The van der Waals surface area contributed by atoms with Gasteiger partial charge in [0.25, 0.3) is 10.9 Å². The van der Waals surface area contributed by atoms with Crippen LogP contribution in [0, 0.1) is 10.1 Å². The van der Waals surface area contributed by atoms with E-state index in [0.29, 0.717) is 41.4 Å². The number of nitro benzene ring substituents is 1. The van der Waals surface area contributed by atoms with E-state index in [1.807, 2.05) is 7.05 Å². The van der Waals surface area contributed by atoms with Crippen LogP contribution in [-0.2, 0) is 4.79 Å². The molecule has 2 heterocycles. The van der Waals surface area contributed by atoms with Crippen molar-refractivity contribution in [2.45, 2.75) is 5.22 Å². The smallest absolute Gasteiger partial charge is 0.342 e. The first-order valence-corrected chi connectivity index (χ1v) is 12.0. The van der Waals surface area contributed by atoms with Gasteiger partial charge in [0, 0.05) is 61.2 Å². The fourth-order valence-corrected chi connectivity index (χ4v) is 4.44. The van der Waals surface area contributed by atoms with E-state index >= 15 is 0 Å². The minimum Gasteiger partial charge on any atom is -0.497 e. The van der Waals surface area contributed by atoms with Crippen molar-refractivity contribution in [3.05, 3.63) is 57.0 Å². The van der Waals surface area contributed by atoms with Gasteiger partial charge < -0.3 is 28.8 Å². The molecule has 194 valence electrons. The lowest BCUT2D eigenvalue weighted by atomic mass is 10.1. The number of carboxylic acids is 1. The van der Waals surface area contributed by atoms with Gasteiger partial charge in [0.2, 0.25) is 5.89 Å². The summed E-state index contributed by atoms with van der Waals surface area (Å²) in [6.45, 7) is 3.06. The summed E-state index contributed by atoms with van der Waals surface area (Å²) in [4.78, 5) is 27.2. The van der Waals surface area contributed by atoms with Crippen molar-refractivity contribution in [3.8, 4) is 23.0 Å². The number of anilines is 1. The summed E-state index contributed by atoms with van der Waals surface area (Å²) in [6, 6.07) is 9.51. The molecule has 0 amide bonds. The summed E-state index contributed by atoms with van der Waals surface area (Å²) in [5.74, 6) is -0.0356. The van der Waals surface area contributed by atoms with E-state index in [9.17, 15) is 20.0 Å². The summed E-state index contributed by atoms with van der Waals surface area (Å²) >= 11 is 0.759. The third kappa shape index (κ3) is 6.19. The number of piperazine rings is 1. The first-order valence-electron chi connectivity index (χ1n) is 11.2. The molecule has 12 nitrogen and oxygen atoms in total. The van der Waals surface area contributed by atoms with Crippen LogP contribution in [0.1, 0.15) is 5.56 Å². The molecule has 4 rings (SSSR count). The number of methoxy groups -OCH3 is 2. The van der Waals surface area contributed by atoms with Crippen molar-refractivity contribution < 1.29 is 28.7 Å². The Morgan fingerprint density at radius 3 is 2.38 bits per heavy atom. The Balaban J connectivity index is 1.66. The highest BCUT2D eigenvalue weighted by Crippen LogP contribution is 2.35. The van der Waals surface area contributed by atoms with Crippen LogP contribution in [0.3, 0.4) is 0 Å². The molecule has 1 aromatic heterocycles. The van der Waals surface area contributed by atoms with Gasteiger partial charge in [0.05, 0.1) is 19.1 Å².